The Hall–Kier alpha value is -0.810. The average molecular weight is 312 g/mol. The molecule has 2 fully saturated rings. The SMILES string of the molecule is CC(C)(C)OC(=O)NC1CCC(NCC2CCC(O)C2)CC1. The van der Waals surface area contributed by atoms with Crippen LogP contribution in [-0.2, 0) is 4.74 Å². The number of carbonyl (C=O) groups excluding carboxylic acids is 1. The van der Waals surface area contributed by atoms with Crippen molar-refractivity contribution in [2.45, 2.75) is 89.5 Å². The van der Waals surface area contributed by atoms with Crippen molar-refractivity contribution >= 4 is 6.09 Å². The fourth-order valence-electron chi connectivity index (χ4n) is 3.48. The smallest absolute Gasteiger partial charge is 0.407 e. The topological polar surface area (TPSA) is 70.6 Å². The monoisotopic (exact) mass is 312 g/mol. The number of rotatable bonds is 4. The van der Waals surface area contributed by atoms with Crippen LogP contribution in [0.1, 0.15) is 65.7 Å². The Balaban J connectivity index is 1.60. The van der Waals surface area contributed by atoms with Crippen molar-refractivity contribution in [3.05, 3.63) is 0 Å². The number of ether oxygens (including phenoxy) is 1. The van der Waals surface area contributed by atoms with E-state index in [1.807, 2.05) is 20.8 Å². The van der Waals surface area contributed by atoms with Crippen LogP contribution in [0.15, 0.2) is 0 Å². The van der Waals surface area contributed by atoms with Crippen LogP contribution in [0.5, 0.6) is 0 Å². The summed E-state index contributed by atoms with van der Waals surface area (Å²) in [4.78, 5) is 11.8. The second-order valence-corrected chi connectivity index (χ2v) is 7.94. The van der Waals surface area contributed by atoms with Gasteiger partial charge >= 0.3 is 6.09 Å². The predicted octanol–water partition coefficient (Wildman–Crippen LogP) is 2.57. The van der Waals surface area contributed by atoms with Gasteiger partial charge in [0.05, 0.1) is 6.10 Å². The predicted molar refractivity (Wildman–Crippen MR) is 86.8 cm³/mol. The number of aliphatic hydroxyl groups is 1. The molecule has 2 rings (SSSR count). The van der Waals surface area contributed by atoms with Crippen LogP contribution in [0, 0.1) is 5.92 Å². The molecule has 2 aliphatic carbocycles. The van der Waals surface area contributed by atoms with Gasteiger partial charge < -0.3 is 20.5 Å². The Labute approximate surface area is 134 Å². The van der Waals surface area contributed by atoms with Gasteiger partial charge in [-0.05, 0) is 78.2 Å². The molecule has 2 atom stereocenters. The van der Waals surface area contributed by atoms with E-state index in [-0.39, 0.29) is 18.2 Å². The molecule has 0 saturated heterocycles. The van der Waals surface area contributed by atoms with Gasteiger partial charge in [0.25, 0.3) is 0 Å². The molecule has 0 aromatic rings. The lowest BCUT2D eigenvalue weighted by molar-refractivity contribution is 0.0489. The molecule has 0 bridgehead atoms. The first-order valence-electron chi connectivity index (χ1n) is 8.73. The summed E-state index contributed by atoms with van der Waals surface area (Å²) in [5, 5.41) is 16.2. The van der Waals surface area contributed by atoms with Crippen LogP contribution in [0.4, 0.5) is 4.79 Å². The van der Waals surface area contributed by atoms with Gasteiger partial charge in [-0.2, -0.15) is 0 Å². The van der Waals surface area contributed by atoms with E-state index in [1.165, 1.54) is 0 Å². The summed E-state index contributed by atoms with van der Waals surface area (Å²) in [6.45, 7) is 6.67. The average Bonchev–Trinajstić information content (AvgIpc) is 2.81. The van der Waals surface area contributed by atoms with Gasteiger partial charge in [-0.1, -0.05) is 0 Å². The minimum atomic E-state index is -0.436. The maximum Gasteiger partial charge on any atom is 0.407 e. The Kier molecular flexibility index (Phi) is 6.09. The van der Waals surface area contributed by atoms with Crippen molar-refractivity contribution in [1.29, 1.82) is 0 Å². The van der Waals surface area contributed by atoms with E-state index in [4.69, 9.17) is 4.74 Å². The summed E-state index contributed by atoms with van der Waals surface area (Å²) in [5.41, 5.74) is -0.436. The number of alkyl carbamates (subject to hydrolysis) is 1. The first-order valence-corrected chi connectivity index (χ1v) is 8.73. The van der Waals surface area contributed by atoms with Crippen LogP contribution in [0.25, 0.3) is 0 Å². The Morgan fingerprint density at radius 2 is 1.73 bits per heavy atom. The number of aliphatic hydroxyl groups excluding tert-OH is 1. The van der Waals surface area contributed by atoms with E-state index in [2.05, 4.69) is 10.6 Å². The van der Waals surface area contributed by atoms with Crippen molar-refractivity contribution in [3.8, 4) is 0 Å². The Morgan fingerprint density at radius 1 is 1.09 bits per heavy atom. The van der Waals surface area contributed by atoms with Crippen molar-refractivity contribution < 1.29 is 14.6 Å². The molecule has 128 valence electrons. The van der Waals surface area contributed by atoms with Gasteiger partial charge in [0.15, 0.2) is 0 Å². The van der Waals surface area contributed by atoms with Crippen LogP contribution < -0.4 is 10.6 Å². The maximum atomic E-state index is 11.8. The maximum absolute atomic E-state index is 11.8. The first-order chi connectivity index (χ1) is 10.3. The second kappa shape index (κ2) is 7.64. The standard InChI is InChI=1S/C17H32N2O3/c1-17(2,3)22-16(21)19-14-7-5-13(6-8-14)18-11-12-4-9-15(20)10-12/h12-15,18,20H,4-11H2,1-3H3,(H,19,21). The molecule has 2 aliphatic rings. The van der Waals surface area contributed by atoms with Crippen LogP contribution in [0.2, 0.25) is 0 Å². The fraction of sp³-hybridized carbons (Fsp3) is 0.941. The number of amides is 1. The molecular formula is C17H32N2O3. The van der Waals surface area contributed by atoms with Crippen LogP contribution in [0.3, 0.4) is 0 Å². The molecule has 0 aromatic heterocycles. The van der Waals surface area contributed by atoms with Crippen LogP contribution in [-0.4, -0.2) is 41.5 Å². The molecule has 3 N–H and O–H groups in total. The number of nitrogens with one attached hydrogen (secondary N) is 2. The molecule has 0 radical (unpaired) electrons. The van der Waals surface area contributed by atoms with Gasteiger partial charge in [-0.3, -0.25) is 0 Å². The zero-order chi connectivity index (χ0) is 16.2. The summed E-state index contributed by atoms with van der Waals surface area (Å²) < 4.78 is 5.30. The molecule has 5 nitrogen and oxygen atoms in total. The lowest BCUT2D eigenvalue weighted by Crippen LogP contribution is -2.44. The third-order valence-corrected chi connectivity index (χ3v) is 4.66. The van der Waals surface area contributed by atoms with Gasteiger partial charge in [-0.15, -0.1) is 0 Å². The minimum Gasteiger partial charge on any atom is -0.444 e. The van der Waals surface area contributed by atoms with E-state index < -0.39 is 5.60 Å². The summed E-state index contributed by atoms with van der Waals surface area (Å²) in [7, 11) is 0. The molecular weight excluding hydrogens is 280 g/mol. The third kappa shape index (κ3) is 6.13. The molecule has 2 saturated carbocycles. The molecule has 0 heterocycles. The summed E-state index contributed by atoms with van der Waals surface area (Å²) in [6.07, 6.45) is 6.86. The molecule has 0 aliphatic heterocycles. The molecule has 22 heavy (non-hydrogen) atoms. The largest absolute Gasteiger partial charge is 0.444 e. The lowest BCUT2D eigenvalue weighted by atomic mass is 9.91. The van der Waals surface area contributed by atoms with Gasteiger partial charge in [-0.25, -0.2) is 4.79 Å². The van der Waals surface area contributed by atoms with E-state index >= 15 is 0 Å². The zero-order valence-corrected chi connectivity index (χ0v) is 14.2. The van der Waals surface area contributed by atoms with Crippen molar-refractivity contribution in [3.63, 3.8) is 0 Å². The first kappa shape index (κ1) is 17.5. The Bertz CT molecular complexity index is 359. The Morgan fingerprint density at radius 3 is 2.27 bits per heavy atom. The molecule has 2 unspecified atom stereocenters. The highest BCUT2D eigenvalue weighted by atomic mass is 16.6. The zero-order valence-electron chi connectivity index (χ0n) is 14.2. The highest BCUT2D eigenvalue weighted by Crippen LogP contribution is 2.26. The number of hydrogen-bond donors (Lipinski definition) is 3. The van der Waals surface area contributed by atoms with E-state index in [0.29, 0.717) is 12.0 Å². The van der Waals surface area contributed by atoms with E-state index in [1.54, 1.807) is 0 Å². The van der Waals surface area contributed by atoms with Gasteiger partial charge in [0.1, 0.15) is 5.60 Å². The summed E-state index contributed by atoms with van der Waals surface area (Å²) in [6, 6.07) is 0.788. The molecule has 0 spiro atoms. The van der Waals surface area contributed by atoms with Crippen molar-refractivity contribution in [1.82, 2.24) is 10.6 Å². The van der Waals surface area contributed by atoms with E-state index in [9.17, 15) is 9.90 Å². The number of hydrogen-bond acceptors (Lipinski definition) is 4. The molecule has 1 amide bonds. The highest BCUT2D eigenvalue weighted by molar-refractivity contribution is 5.68. The molecule has 5 heteroatoms. The van der Waals surface area contributed by atoms with Gasteiger partial charge in [0.2, 0.25) is 0 Å². The normalized spacial score (nSPS) is 32.7. The van der Waals surface area contributed by atoms with Crippen molar-refractivity contribution in [2.75, 3.05) is 6.54 Å². The summed E-state index contributed by atoms with van der Waals surface area (Å²) in [5.74, 6) is 0.632. The third-order valence-electron chi connectivity index (χ3n) is 4.66. The quantitative estimate of drug-likeness (QED) is 0.746. The second-order valence-electron chi connectivity index (χ2n) is 7.94. The highest BCUT2D eigenvalue weighted by Gasteiger charge is 2.26. The van der Waals surface area contributed by atoms with Crippen molar-refractivity contribution in [2.24, 2.45) is 5.92 Å². The minimum absolute atomic E-state index is 0.0828. The van der Waals surface area contributed by atoms with Crippen LogP contribution >= 0.6 is 0 Å². The summed E-state index contributed by atoms with van der Waals surface area (Å²) >= 11 is 0. The van der Waals surface area contributed by atoms with Gasteiger partial charge in [0, 0.05) is 12.1 Å². The van der Waals surface area contributed by atoms with E-state index in [0.717, 1.165) is 51.5 Å². The lowest BCUT2D eigenvalue weighted by Gasteiger charge is -2.31. The fourth-order valence-corrected chi connectivity index (χ4v) is 3.48. The molecule has 0 aromatic carbocycles. The number of carbonyl (C=O) groups is 1.